The first-order chi connectivity index (χ1) is 14.0. The van der Waals surface area contributed by atoms with Crippen LogP contribution in [0.1, 0.15) is 16.1 Å². The molecule has 2 heterocycles. The van der Waals surface area contributed by atoms with Gasteiger partial charge < -0.3 is 14.6 Å². The Morgan fingerprint density at radius 1 is 1.17 bits per heavy atom. The van der Waals surface area contributed by atoms with E-state index >= 15 is 0 Å². The maximum Gasteiger partial charge on any atom is 0.259 e. The maximum absolute atomic E-state index is 13.3. The molecule has 2 aromatic heterocycles. The van der Waals surface area contributed by atoms with Crippen molar-refractivity contribution in [3.63, 3.8) is 0 Å². The van der Waals surface area contributed by atoms with Crippen LogP contribution in [-0.4, -0.2) is 23.2 Å². The topological polar surface area (TPSA) is 77.2 Å². The van der Waals surface area contributed by atoms with Gasteiger partial charge in [-0.25, -0.2) is 9.37 Å². The molecule has 0 radical (unpaired) electrons. The number of aromatic nitrogens is 2. The average Bonchev–Trinajstić information content (AvgIpc) is 3.11. The van der Waals surface area contributed by atoms with Gasteiger partial charge in [-0.3, -0.25) is 4.79 Å². The van der Waals surface area contributed by atoms with Crippen molar-refractivity contribution in [3.05, 3.63) is 70.6 Å². The minimum atomic E-state index is -0.381. The summed E-state index contributed by atoms with van der Waals surface area (Å²) >= 11 is 6.14. The number of pyridine rings is 1. The minimum absolute atomic E-state index is 0.224. The fourth-order valence-corrected chi connectivity index (χ4v) is 3.26. The molecule has 0 atom stereocenters. The van der Waals surface area contributed by atoms with Gasteiger partial charge in [-0.1, -0.05) is 16.8 Å². The number of benzene rings is 2. The number of carbonyl (C=O) groups is 1. The molecule has 8 heteroatoms. The van der Waals surface area contributed by atoms with Crippen molar-refractivity contribution in [1.82, 2.24) is 10.1 Å². The van der Waals surface area contributed by atoms with Crippen molar-refractivity contribution in [2.24, 2.45) is 0 Å². The number of rotatable bonds is 4. The molecule has 0 spiro atoms. The summed E-state index contributed by atoms with van der Waals surface area (Å²) in [5, 5.41) is 7.67. The molecule has 0 bridgehead atoms. The van der Waals surface area contributed by atoms with E-state index in [1.165, 1.54) is 19.2 Å². The zero-order valence-corrected chi connectivity index (χ0v) is 16.2. The number of halogens is 2. The number of anilines is 1. The number of methoxy groups -OCH3 is 1. The SMILES string of the molecule is COc1ccc(NC(=O)c2cc(C)nc3onc(-c4ccc(F)cc4)c23)cc1Cl. The van der Waals surface area contributed by atoms with E-state index in [4.69, 9.17) is 20.9 Å². The number of amides is 1. The Hall–Kier alpha value is -3.45. The summed E-state index contributed by atoms with van der Waals surface area (Å²) in [6.45, 7) is 1.75. The van der Waals surface area contributed by atoms with Gasteiger partial charge in [-0.15, -0.1) is 0 Å². The van der Waals surface area contributed by atoms with E-state index in [1.54, 1.807) is 43.3 Å². The smallest absolute Gasteiger partial charge is 0.259 e. The lowest BCUT2D eigenvalue weighted by molar-refractivity contribution is 0.102. The molecule has 0 aliphatic carbocycles. The van der Waals surface area contributed by atoms with Crippen LogP contribution in [0.2, 0.25) is 5.02 Å². The second-order valence-corrected chi connectivity index (χ2v) is 6.74. The molecule has 0 fully saturated rings. The Balaban J connectivity index is 1.78. The summed E-state index contributed by atoms with van der Waals surface area (Å²) < 4.78 is 23.7. The Morgan fingerprint density at radius 3 is 2.62 bits per heavy atom. The molecular weight excluding hydrogens is 397 g/mol. The van der Waals surface area contributed by atoms with Crippen LogP contribution in [0.15, 0.2) is 53.1 Å². The highest BCUT2D eigenvalue weighted by molar-refractivity contribution is 6.32. The number of fused-ring (bicyclic) bond motifs is 1. The summed E-state index contributed by atoms with van der Waals surface area (Å²) in [6, 6.07) is 12.4. The fourth-order valence-electron chi connectivity index (χ4n) is 3.00. The monoisotopic (exact) mass is 411 g/mol. The summed E-state index contributed by atoms with van der Waals surface area (Å²) in [5.74, 6) is -0.248. The van der Waals surface area contributed by atoms with Gasteiger partial charge in [0.1, 0.15) is 17.3 Å². The van der Waals surface area contributed by atoms with Gasteiger partial charge in [0.05, 0.1) is 23.1 Å². The zero-order valence-electron chi connectivity index (χ0n) is 15.5. The van der Waals surface area contributed by atoms with Gasteiger partial charge in [-0.2, -0.15) is 0 Å². The Bertz CT molecular complexity index is 1220. The highest BCUT2D eigenvalue weighted by Gasteiger charge is 2.21. The predicted octanol–water partition coefficient (Wildman–Crippen LogP) is 5.25. The molecule has 4 rings (SSSR count). The molecule has 1 amide bonds. The van der Waals surface area contributed by atoms with Crippen LogP contribution >= 0.6 is 11.6 Å². The number of ether oxygens (including phenoxy) is 1. The molecule has 146 valence electrons. The second kappa shape index (κ2) is 7.52. The standard InChI is InChI=1S/C21H15ClFN3O3/c1-11-9-15(20(27)25-14-7-8-17(28-2)16(22)10-14)18-19(26-29-21(18)24-11)12-3-5-13(23)6-4-12/h3-10H,1-2H3,(H,25,27). The van der Waals surface area contributed by atoms with E-state index in [1.807, 2.05) is 0 Å². The van der Waals surface area contributed by atoms with E-state index in [0.717, 1.165) is 0 Å². The van der Waals surface area contributed by atoms with Gasteiger partial charge in [-0.05, 0) is 55.5 Å². The van der Waals surface area contributed by atoms with Crippen molar-refractivity contribution in [1.29, 1.82) is 0 Å². The number of nitrogens with one attached hydrogen (secondary N) is 1. The second-order valence-electron chi connectivity index (χ2n) is 6.33. The van der Waals surface area contributed by atoms with Crippen molar-refractivity contribution < 1.29 is 18.4 Å². The largest absolute Gasteiger partial charge is 0.495 e. The van der Waals surface area contributed by atoms with Crippen LogP contribution in [-0.2, 0) is 0 Å². The molecular formula is C21H15ClFN3O3. The first-order valence-corrected chi connectivity index (χ1v) is 9.02. The van der Waals surface area contributed by atoms with E-state index < -0.39 is 0 Å². The first kappa shape index (κ1) is 18.9. The highest BCUT2D eigenvalue weighted by atomic mass is 35.5. The number of aryl methyl sites for hydroxylation is 1. The van der Waals surface area contributed by atoms with Gasteiger partial charge in [0.15, 0.2) is 0 Å². The number of carbonyl (C=O) groups excluding carboxylic acids is 1. The number of hydrogen-bond donors (Lipinski definition) is 1. The zero-order chi connectivity index (χ0) is 20.5. The summed E-state index contributed by atoms with van der Waals surface area (Å²) in [4.78, 5) is 17.3. The minimum Gasteiger partial charge on any atom is -0.495 e. The van der Waals surface area contributed by atoms with Crippen LogP contribution in [0.4, 0.5) is 10.1 Å². The number of nitrogens with zero attached hydrogens (tertiary/aromatic N) is 2. The molecule has 6 nitrogen and oxygen atoms in total. The van der Waals surface area contributed by atoms with Gasteiger partial charge >= 0.3 is 0 Å². The maximum atomic E-state index is 13.3. The Morgan fingerprint density at radius 2 is 1.93 bits per heavy atom. The van der Waals surface area contributed by atoms with E-state index in [0.29, 0.717) is 44.4 Å². The van der Waals surface area contributed by atoms with Crippen LogP contribution in [0.5, 0.6) is 5.75 Å². The fraction of sp³-hybridized carbons (Fsp3) is 0.0952. The summed E-state index contributed by atoms with van der Waals surface area (Å²) in [7, 11) is 1.51. The third kappa shape index (κ3) is 3.64. The van der Waals surface area contributed by atoms with Crippen molar-refractivity contribution >= 4 is 34.3 Å². The molecule has 1 N–H and O–H groups in total. The third-order valence-corrected chi connectivity index (χ3v) is 4.64. The lowest BCUT2D eigenvalue weighted by Gasteiger charge is -2.09. The lowest BCUT2D eigenvalue weighted by atomic mass is 10.0. The number of hydrogen-bond acceptors (Lipinski definition) is 5. The van der Waals surface area contributed by atoms with E-state index in [-0.39, 0.29) is 17.4 Å². The van der Waals surface area contributed by atoms with Gasteiger partial charge in [0.25, 0.3) is 11.6 Å². The van der Waals surface area contributed by atoms with Crippen LogP contribution in [0.25, 0.3) is 22.4 Å². The van der Waals surface area contributed by atoms with Crippen molar-refractivity contribution in [2.75, 3.05) is 12.4 Å². The molecule has 0 saturated heterocycles. The predicted molar refractivity (Wildman–Crippen MR) is 108 cm³/mol. The van der Waals surface area contributed by atoms with Crippen LogP contribution in [0.3, 0.4) is 0 Å². The molecule has 0 unspecified atom stereocenters. The Labute approximate surface area is 170 Å². The first-order valence-electron chi connectivity index (χ1n) is 8.64. The molecule has 2 aromatic carbocycles. The van der Waals surface area contributed by atoms with Gasteiger partial charge in [0, 0.05) is 16.9 Å². The molecule has 0 aliphatic rings. The highest BCUT2D eigenvalue weighted by Crippen LogP contribution is 2.32. The normalized spacial score (nSPS) is 10.9. The molecule has 0 aliphatic heterocycles. The van der Waals surface area contributed by atoms with Crippen LogP contribution in [0, 0.1) is 12.7 Å². The Kier molecular flexibility index (Phi) is 4.90. The van der Waals surface area contributed by atoms with Gasteiger partial charge in [0.2, 0.25) is 0 Å². The van der Waals surface area contributed by atoms with Crippen LogP contribution < -0.4 is 10.1 Å². The summed E-state index contributed by atoms with van der Waals surface area (Å²) in [6.07, 6.45) is 0. The van der Waals surface area contributed by atoms with E-state index in [9.17, 15) is 9.18 Å². The lowest BCUT2D eigenvalue weighted by Crippen LogP contribution is -2.13. The molecule has 29 heavy (non-hydrogen) atoms. The molecule has 0 saturated carbocycles. The van der Waals surface area contributed by atoms with Crippen molar-refractivity contribution in [3.8, 4) is 17.0 Å². The molecule has 4 aromatic rings. The summed E-state index contributed by atoms with van der Waals surface area (Å²) in [5.41, 5.74) is 2.67. The van der Waals surface area contributed by atoms with Crippen molar-refractivity contribution in [2.45, 2.75) is 6.92 Å². The van der Waals surface area contributed by atoms with E-state index in [2.05, 4.69) is 15.5 Å². The quantitative estimate of drug-likeness (QED) is 0.496. The third-order valence-electron chi connectivity index (χ3n) is 4.35. The average molecular weight is 412 g/mol.